The third kappa shape index (κ3) is 2.55. The molecular weight excluding hydrogens is 234 g/mol. The van der Waals surface area contributed by atoms with E-state index in [0.717, 1.165) is 32.5 Å². The Balaban J connectivity index is 2.06. The minimum absolute atomic E-state index is 0.225. The summed E-state index contributed by atoms with van der Waals surface area (Å²) in [5, 5.41) is 3.36. The maximum absolute atomic E-state index is 12.4. The maximum atomic E-state index is 12.4. The average Bonchev–Trinajstić information content (AvgIpc) is 2.67. The molecule has 98 valence electrons. The van der Waals surface area contributed by atoms with Crippen molar-refractivity contribution in [2.24, 2.45) is 5.92 Å². The van der Waals surface area contributed by atoms with E-state index < -0.39 is 0 Å². The molecule has 1 unspecified atom stereocenters. The van der Waals surface area contributed by atoms with Crippen LogP contribution in [-0.4, -0.2) is 53.2 Å². The number of hydrogen-bond donors (Lipinski definition) is 1. The Morgan fingerprint density at radius 1 is 1.35 bits per heavy atom. The summed E-state index contributed by atoms with van der Waals surface area (Å²) >= 11 is 1.57. The maximum Gasteiger partial charge on any atom is 0.330 e. The average molecular weight is 257 g/mol. The molecule has 0 saturated carbocycles. The van der Waals surface area contributed by atoms with Crippen LogP contribution in [0.5, 0.6) is 0 Å². The SMILES string of the molecule is CSN1C(=O)N(C2CCNCC2)CC1C(C)C. The molecule has 0 radical (unpaired) electrons. The third-order valence-electron chi connectivity index (χ3n) is 3.83. The fourth-order valence-corrected chi connectivity index (χ4v) is 3.58. The summed E-state index contributed by atoms with van der Waals surface area (Å²) in [7, 11) is 0. The largest absolute Gasteiger partial charge is 0.330 e. The van der Waals surface area contributed by atoms with Crippen molar-refractivity contribution >= 4 is 18.0 Å². The Morgan fingerprint density at radius 2 is 2.00 bits per heavy atom. The van der Waals surface area contributed by atoms with Gasteiger partial charge in [0, 0.05) is 18.8 Å². The van der Waals surface area contributed by atoms with Gasteiger partial charge in [0.2, 0.25) is 0 Å². The van der Waals surface area contributed by atoms with Crippen LogP contribution < -0.4 is 5.32 Å². The fourth-order valence-electron chi connectivity index (χ4n) is 2.74. The molecule has 0 aliphatic carbocycles. The summed E-state index contributed by atoms with van der Waals surface area (Å²) in [5.41, 5.74) is 0. The Morgan fingerprint density at radius 3 is 2.47 bits per heavy atom. The van der Waals surface area contributed by atoms with Gasteiger partial charge in [0.15, 0.2) is 0 Å². The molecule has 0 aromatic carbocycles. The third-order valence-corrected chi connectivity index (χ3v) is 4.66. The Bertz CT molecular complexity index is 279. The molecule has 0 bridgehead atoms. The molecule has 2 rings (SSSR count). The van der Waals surface area contributed by atoms with E-state index >= 15 is 0 Å². The molecule has 1 N–H and O–H groups in total. The standard InChI is InChI=1S/C12H23N3OS/c1-9(2)11-8-14(12(16)15(11)17-3)10-4-6-13-7-5-10/h9-11,13H,4-8H2,1-3H3. The second-order valence-corrected chi connectivity index (χ2v) is 5.99. The molecule has 17 heavy (non-hydrogen) atoms. The highest BCUT2D eigenvalue weighted by atomic mass is 32.2. The topological polar surface area (TPSA) is 35.6 Å². The molecule has 2 heterocycles. The van der Waals surface area contributed by atoms with E-state index in [1.54, 1.807) is 11.9 Å². The van der Waals surface area contributed by atoms with Crippen LogP contribution in [0.2, 0.25) is 0 Å². The quantitative estimate of drug-likeness (QED) is 0.783. The molecule has 2 saturated heterocycles. The van der Waals surface area contributed by atoms with Gasteiger partial charge in [0.25, 0.3) is 0 Å². The van der Waals surface area contributed by atoms with Gasteiger partial charge in [-0.25, -0.2) is 4.79 Å². The first-order chi connectivity index (χ1) is 8.15. The van der Waals surface area contributed by atoms with Gasteiger partial charge in [0.05, 0.1) is 6.04 Å². The number of rotatable bonds is 3. The molecule has 1 atom stereocenters. The van der Waals surface area contributed by atoms with E-state index in [4.69, 9.17) is 0 Å². The molecule has 2 fully saturated rings. The molecule has 5 heteroatoms. The van der Waals surface area contributed by atoms with Crippen LogP contribution in [0.3, 0.4) is 0 Å². The monoisotopic (exact) mass is 257 g/mol. The Kier molecular flexibility index (Phi) is 4.20. The van der Waals surface area contributed by atoms with Gasteiger partial charge in [-0.15, -0.1) is 0 Å². The second-order valence-electron chi connectivity index (χ2n) is 5.24. The molecule has 2 aliphatic heterocycles. The van der Waals surface area contributed by atoms with Crippen LogP contribution >= 0.6 is 11.9 Å². The van der Waals surface area contributed by atoms with Crippen molar-refractivity contribution in [3.8, 4) is 0 Å². The smallest absolute Gasteiger partial charge is 0.319 e. The summed E-state index contributed by atoms with van der Waals surface area (Å²) in [4.78, 5) is 14.5. The predicted octanol–water partition coefficient (Wildman–Crippen LogP) is 1.78. The van der Waals surface area contributed by atoms with E-state index in [1.807, 2.05) is 10.6 Å². The molecule has 2 amide bonds. The van der Waals surface area contributed by atoms with E-state index in [0.29, 0.717) is 18.0 Å². The van der Waals surface area contributed by atoms with Gasteiger partial charge in [0.1, 0.15) is 0 Å². The first-order valence-electron chi connectivity index (χ1n) is 6.49. The summed E-state index contributed by atoms with van der Waals surface area (Å²) in [6.45, 7) is 7.39. The van der Waals surface area contributed by atoms with Crippen LogP contribution in [0.25, 0.3) is 0 Å². The second kappa shape index (κ2) is 5.48. The van der Waals surface area contributed by atoms with Crippen molar-refractivity contribution in [2.45, 2.75) is 38.8 Å². The van der Waals surface area contributed by atoms with Crippen molar-refractivity contribution < 1.29 is 4.79 Å². The zero-order valence-electron chi connectivity index (χ0n) is 11.0. The lowest BCUT2D eigenvalue weighted by molar-refractivity contribution is 0.177. The van der Waals surface area contributed by atoms with Crippen LogP contribution in [0.4, 0.5) is 4.79 Å². The van der Waals surface area contributed by atoms with Crippen LogP contribution in [0.1, 0.15) is 26.7 Å². The van der Waals surface area contributed by atoms with Crippen molar-refractivity contribution in [1.29, 1.82) is 0 Å². The normalized spacial score (nSPS) is 27.3. The highest BCUT2D eigenvalue weighted by molar-refractivity contribution is 7.96. The Labute approximate surface area is 108 Å². The summed E-state index contributed by atoms with van der Waals surface area (Å²) in [6.07, 6.45) is 4.19. The first-order valence-corrected chi connectivity index (χ1v) is 7.68. The number of nitrogens with one attached hydrogen (secondary N) is 1. The number of urea groups is 1. The highest BCUT2D eigenvalue weighted by Crippen LogP contribution is 2.30. The highest BCUT2D eigenvalue weighted by Gasteiger charge is 2.41. The lowest BCUT2D eigenvalue weighted by atomic mass is 10.0. The number of hydrogen-bond acceptors (Lipinski definition) is 3. The fraction of sp³-hybridized carbons (Fsp3) is 0.917. The minimum Gasteiger partial charge on any atom is -0.319 e. The van der Waals surface area contributed by atoms with E-state index in [-0.39, 0.29) is 6.03 Å². The molecular formula is C12H23N3OS. The summed E-state index contributed by atoms with van der Waals surface area (Å²) in [5.74, 6) is 0.526. The zero-order chi connectivity index (χ0) is 12.4. The van der Waals surface area contributed by atoms with E-state index in [1.165, 1.54) is 0 Å². The van der Waals surface area contributed by atoms with Gasteiger partial charge >= 0.3 is 6.03 Å². The number of carbonyl (C=O) groups excluding carboxylic acids is 1. The lowest BCUT2D eigenvalue weighted by Crippen LogP contribution is -2.44. The van der Waals surface area contributed by atoms with Crippen LogP contribution in [-0.2, 0) is 0 Å². The van der Waals surface area contributed by atoms with Crippen LogP contribution in [0, 0.1) is 5.92 Å². The number of piperidine rings is 1. The van der Waals surface area contributed by atoms with Crippen LogP contribution in [0.15, 0.2) is 0 Å². The van der Waals surface area contributed by atoms with Gasteiger partial charge in [-0.2, -0.15) is 0 Å². The zero-order valence-corrected chi connectivity index (χ0v) is 11.8. The molecule has 0 aromatic heterocycles. The molecule has 2 aliphatic rings. The van der Waals surface area contributed by atoms with E-state index in [2.05, 4.69) is 24.1 Å². The van der Waals surface area contributed by atoms with E-state index in [9.17, 15) is 4.79 Å². The summed E-state index contributed by atoms with van der Waals surface area (Å²) < 4.78 is 1.96. The van der Waals surface area contributed by atoms with Crippen molar-refractivity contribution in [3.05, 3.63) is 0 Å². The predicted molar refractivity (Wildman–Crippen MR) is 72.0 cm³/mol. The van der Waals surface area contributed by atoms with Crippen molar-refractivity contribution in [1.82, 2.24) is 14.5 Å². The van der Waals surface area contributed by atoms with Gasteiger partial charge in [-0.05, 0) is 43.8 Å². The molecule has 4 nitrogen and oxygen atoms in total. The van der Waals surface area contributed by atoms with Gasteiger partial charge in [-0.1, -0.05) is 13.8 Å². The molecule has 0 aromatic rings. The number of amides is 2. The van der Waals surface area contributed by atoms with Crippen molar-refractivity contribution in [3.63, 3.8) is 0 Å². The van der Waals surface area contributed by atoms with Crippen molar-refractivity contribution in [2.75, 3.05) is 25.9 Å². The first kappa shape index (κ1) is 13.0. The minimum atomic E-state index is 0.225. The molecule has 0 spiro atoms. The number of carbonyl (C=O) groups is 1. The summed E-state index contributed by atoms with van der Waals surface area (Å²) in [6, 6.07) is 1.04. The van der Waals surface area contributed by atoms with Gasteiger partial charge < -0.3 is 10.2 Å². The van der Waals surface area contributed by atoms with Gasteiger partial charge in [-0.3, -0.25) is 4.31 Å². The number of nitrogens with zero attached hydrogens (tertiary/aromatic N) is 2. The lowest BCUT2D eigenvalue weighted by Gasteiger charge is -2.30. The Hall–Kier alpha value is -0.420.